The van der Waals surface area contributed by atoms with Crippen molar-refractivity contribution in [2.24, 2.45) is 0 Å². The normalized spacial score (nSPS) is 11.9. The van der Waals surface area contributed by atoms with Gasteiger partial charge in [0.25, 0.3) is 0 Å². The van der Waals surface area contributed by atoms with Gasteiger partial charge in [-0.3, -0.25) is 4.68 Å². The van der Waals surface area contributed by atoms with Crippen molar-refractivity contribution in [1.82, 2.24) is 34.5 Å². The molecule has 0 spiro atoms. The van der Waals surface area contributed by atoms with Crippen molar-refractivity contribution in [2.75, 3.05) is 5.32 Å². The average molecular weight is 444 g/mol. The van der Waals surface area contributed by atoms with Crippen molar-refractivity contribution in [1.29, 1.82) is 5.26 Å². The number of aryl methyl sites for hydroxylation is 1. The lowest BCUT2D eigenvalue weighted by molar-refractivity contribution is 0.193. The molecule has 168 valence electrons. The van der Waals surface area contributed by atoms with Gasteiger partial charge >= 0.3 is 0 Å². The molecular formula is C23H25N9O. The Balaban J connectivity index is 1.50. The van der Waals surface area contributed by atoms with E-state index in [2.05, 4.69) is 50.4 Å². The van der Waals surface area contributed by atoms with E-state index in [1.165, 1.54) is 6.33 Å². The number of ether oxygens (including phenoxy) is 1. The van der Waals surface area contributed by atoms with E-state index in [-0.39, 0.29) is 12.1 Å². The highest BCUT2D eigenvalue weighted by Gasteiger charge is 2.13. The van der Waals surface area contributed by atoms with Gasteiger partial charge in [0.15, 0.2) is 0 Å². The fraction of sp³-hybridized carbons (Fsp3) is 0.304. The van der Waals surface area contributed by atoms with Crippen LogP contribution in [0.4, 0.5) is 11.6 Å². The molecule has 1 aromatic carbocycles. The van der Waals surface area contributed by atoms with Crippen LogP contribution in [-0.2, 0) is 6.54 Å². The average Bonchev–Trinajstić information content (AvgIpc) is 3.44. The lowest BCUT2D eigenvalue weighted by Gasteiger charge is -2.16. The number of nitriles is 1. The molecule has 1 N–H and O–H groups in total. The Bertz CT molecular complexity index is 1250. The standard InChI is InChI=1S/C23H25N9O/c1-15(2)32-12-21(17(4)30-32)29-23-26-9-20(10-27-23)18-5-6-19(8-24)22(7-18)33-16(3)11-31-14-25-13-28-31/h5-7,9-10,12-16H,11H2,1-4H3,(H,26,27,29)/t16-/m0/s1. The fourth-order valence-corrected chi connectivity index (χ4v) is 3.27. The maximum Gasteiger partial charge on any atom is 0.227 e. The lowest BCUT2D eigenvalue weighted by Crippen LogP contribution is -2.20. The van der Waals surface area contributed by atoms with Gasteiger partial charge in [-0.15, -0.1) is 0 Å². The highest BCUT2D eigenvalue weighted by atomic mass is 16.5. The summed E-state index contributed by atoms with van der Waals surface area (Å²) in [5.41, 5.74) is 3.87. The van der Waals surface area contributed by atoms with E-state index in [1.54, 1.807) is 29.5 Å². The van der Waals surface area contributed by atoms with Crippen LogP contribution in [0.15, 0.2) is 49.4 Å². The van der Waals surface area contributed by atoms with E-state index in [4.69, 9.17) is 4.74 Å². The summed E-state index contributed by atoms with van der Waals surface area (Å²) in [6, 6.07) is 7.88. The Morgan fingerprint density at radius 1 is 1.15 bits per heavy atom. The van der Waals surface area contributed by atoms with E-state index < -0.39 is 0 Å². The molecule has 10 heteroatoms. The Hall–Kier alpha value is -4.26. The Morgan fingerprint density at radius 3 is 2.58 bits per heavy atom. The van der Waals surface area contributed by atoms with Crippen LogP contribution in [0.1, 0.15) is 38.1 Å². The molecule has 0 aliphatic rings. The maximum atomic E-state index is 9.49. The van der Waals surface area contributed by atoms with Gasteiger partial charge in [-0.05, 0) is 45.4 Å². The van der Waals surface area contributed by atoms with Gasteiger partial charge in [0.05, 0.1) is 23.5 Å². The van der Waals surface area contributed by atoms with Gasteiger partial charge in [0.1, 0.15) is 30.6 Å². The molecule has 3 heterocycles. The van der Waals surface area contributed by atoms with Crippen LogP contribution in [0.5, 0.6) is 5.75 Å². The second-order valence-corrected chi connectivity index (χ2v) is 7.99. The zero-order valence-electron chi connectivity index (χ0n) is 19.0. The zero-order valence-corrected chi connectivity index (χ0v) is 19.0. The lowest BCUT2D eigenvalue weighted by atomic mass is 10.1. The van der Waals surface area contributed by atoms with Crippen molar-refractivity contribution in [3.05, 3.63) is 60.7 Å². The molecule has 0 unspecified atom stereocenters. The summed E-state index contributed by atoms with van der Waals surface area (Å²) >= 11 is 0. The van der Waals surface area contributed by atoms with Crippen LogP contribution in [0, 0.1) is 18.3 Å². The first kappa shape index (κ1) is 22.0. The van der Waals surface area contributed by atoms with Crippen molar-refractivity contribution < 1.29 is 4.74 Å². The Labute approximate surface area is 191 Å². The molecule has 0 radical (unpaired) electrons. The van der Waals surface area contributed by atoms with Crippen LogP contribution in [0.2, 0.25) is 0 Å². The number of hydrogen-bond acceptors (Lipinski definition) is 8. The molecule has 4 rings (SSSR count). The first-order chi connectivity index (χ1) is 15.9. The number of aromatic nitrogens is 7. The largest absolute Gasteiger partial charge is 0.487 e. The molecule has 1 atom stereocenters. The molecule has 3 aromatic heterocycles. The van der Waals surface area contributed by atoms with Crippen molar-refractivity contribution in [3.8, 4) is 22.9 Å². The van der Waals surface area contributed by atoms with Crippen LogP contribution < -0.4 is 10.1 Å². The summed E-state index contributed by atoms with van der Waals surface area (Å²) in [5, 5.41) is 21.3. The van der Waals surface area contributed by atoms with Crippen LogP contribution in [0.25, 0.3) is 11.1 Å². The van der Waals surface area contributed by atoms with E-state index in [1.807, 2.05) is 36.9 Å². The second kappa shape index (κ2) is 9.48. The molecule has 0 aliphatic heterocycles. The van der Waals surface area contributed by atoms with Crippen LogP contribution in [0.3, 0.4) is 0 Å². The minimum absolute atomic E-state index is 0.202. The van der Waals surface area contributed by atoms with Gasteiger partial charge < -0.3 is 10.1 Å². The summed E-state index contributed by atoms with van der Waals surface area (Å²) in [6.45, 7) is 8.53. The van der Waals surface area contributed by atoms with Gasteiger partial charge in [-0.2, -0.15) is 15.5 Å². The summed E-state index contributed by atoms with van der Waals surface area (Å²) in [4.78, 5) is 12.8. The van der Waals surface area contributed by atoms with Crippen molar-refractivity contribution in [2.45, 2.75) is 46.4 Å². The molecule has 0 aliphatic carbocycles. The second-order valence-electron chi connectivity index (χ2n) is 7.99. The smallest absolute Gasteiger partial charge is 0.227 e. The molecule has 0 saturated heterocycles. The van der Waals surface area contributed by atoms with Crippen LogP contribution >= 0.6 is 0 Å². The van der Waals surface area contributed by atoms with Crippen molar-refractivity contribution in [3.63, 3.8) is 0 Å². The molecule has 33 heavy (non-hydrogen) atoms. The Kier molecular flexibility index (Phi) is 6.31. The highest BCUT2D eigenvalue weighted by Crippen LogP contribution is 2.28. The molecule has 4 aromatic rings. The Morgan fingerprint density at radius 2 is 1.94 bits per heavy atom. The monoisotopic (exact) mass is 443 g/mol. The van der Waals surface area contributed by atoms with Gasteiger partial charge in [0.2, 0.25) is 5.95 Å². The van der Waals surface area contributed by atoms with E-state index in [0.29, 0.717) is 23.8 Å². The molecule has 0 bridgehead atoms. The third-order valence-corrected chi connectivity index (χ3v) is 5.02. The number of benzene rings is 1. The number of nitrogens with one attached hydrogen (secondary N) is 1. The van der Waals surface area contributed by atoms with Crippen molar-refractivity contribution >= 4 is 11.6 Å². The number of nitrogens with zero attached hydrogens (tertiary/aromatic N) is 8. The third kappa shape index (κ3) is 5.15. The van der Waals surface area contributed by atoms with E-state index >= 15 is 0 Å². The van der Waals surface area contributed by atoms with E-state index in [0.717, 1.165) is 22.5 Å². The topological polar surface area (TPSA) is 119 Å². The quantitative estimate of drug-likeness (QED) is 0.435. The van der Waals surface area contributed by atoms with E-state index in [9.17, 15) is 5.26 Å². The predicted octanol–water partition coefficient (Wildman–Crippen LogP) is 3.90. The molecule has 0 fully saturated rings. The highest BCUT2D eigenvalue weighted by molar-refractivity contribution is 5.67. The number of hydrogen-bond donors (Lipinski definition) is 1. The third-order valence-electron chi connectivity index (χ3n) is 5.02. The molecule has 0 amide bonds. The minimum atomic E-state index is -0.202. The van der Waals surface area contributed by atoms with Gasteiger partial charge in [-0.25, -0.2) is 19.6 Å². The summed E-state index contributed by atoms with van der Waals surface area (Å²) in [6.07, 6.45) is 8.32. The molecule has 0 saturated carbocycles. The first-order valence-electron chi connectivity index (χ1n) is 10.6. The first-order valence-corrected chi connectivity index (χ1v) is 10.6. The van der Waals surface area contributed by atoms with Gasteiger partial charge in [-0.1, -0.05) is 6.07 Å². The summed E-state index contributed by atoms with van der Waals surface area (Å²) < 4.78 is 9.62. The zero-order chi connectivity index (χ0) is 23.4. The SMILES string of the molecule is Cc1nn(C(C)C)cc1Nc1ncc(-c2ccc(C#N)c(O[C@@H](C)Cn3cncn3)c2)cn1. The number of rotatable bonds is 8. The minimum Gasteiger partial charge on any atom is -0.487 e. The summed E-state index contributed by atoms with van der Waals surface area (Å²) in [7, 11) is 0. The predicted molar refractivity (Wildman–Crippen MR) is 123 cm³/mol. The molecule has 10 nitrogen and oxygen atoms in total. The van der Waals surface area contributed by atoms with Crippen LogP contribution in [-0.4, -0.2) is 40.6 Å². The number of anilines is 2. The molecular weight excluding hydrogens is 418 g/mol. The fourth-order valence-electron chi connectivity index (χ4n) is 3.27. The van der Waals surface area contributed by atoms with Gasteiger partial charge in [0, 0.05) is 30.2 Å². The maximum absolute atomic E-state index is 9.49. The summed E-state index contributed by atoms with van der Waals surface area (Å²) in [5.74, 6) is 0.985.